The van der Waals surface area contributed by atoms with Gasteiger partial charge in [-0.05, 0) is 60.1 Å². The Balaban J connectivity index is 2.01. The van der Waals surface area contributed by atoms with E-state index in [0.29, 0.717) is 6.10 Å². The number of rotatable bonds is 6. The molecule has 1 aliphatic carbocycles. The highest BCUT2D eigenvalue weighted by Gasteiger charge is 2.22. The lowest BCUT2D eigenvalue weighted by molar-refractivity contribution is 0.128. The summed E-state index contributed by atoms with van der Waals surface area (Å²) in [6.45, 7) is 6.28. The summed E-state index contributed by atoms with van der Waals surface area (Å²) in [5.41, 5.74) is 1.25. The summed E-state index contributed by atoms with van der Waals surface area (Å²) in [5, 5.41) is 3.38. The first-order valence-corrected chi connectivity index (χ1v) is 8.68. The second kappa shape index (κ2) is 8.04. The molecule has 1 aliphatic rings. The summed E-state index contributed by atoms with van der Waals surface area (Å²) in [7, 11) is 0. The summed E-state index contributed by atoms with van der Waals surface area (Å²) in [4.78, 5) is 0. The van der Waals surface area contributed by atoms with Crippen molar-refractivity contribution in [3.05, 3.63) is 28.2 Å². The van der Waals surface area contributed by atoms with Crippen LogP contribution in [0.2, 0.25) is 0 Å². The van der Waals surface area contributed by atoms with Gasteiger partial charge in [-0.25, -0.2) is 0 Å². The lowest BCUT2D eigenvalue weighted by atomic mass is 9.86. The molecule has 2 nitrogen and oxygen atoms in total. The Kier molecular flexibility index (Phi) is 6.37. The third-order valence-electron chi connectivity index (χ3n) is 4.27. The van der Waals surface area contributed by atoms with Gasteiger partial charge in [0.2, 0.25) is 0 Å². The predicted molar refractivity (Wildman–Crippen MR) is 88.2 cm³/mol. The van der Waals surface area contributed by atoms with Gasteiger partial charge in [-0.1, -0.05) is 32.4 Å². The fourth-order valence-electron chi connectivity index (χ4n) is 2.91. The molecule has 2 rings (SSSR count). The van der Waals surface area contributed by atoms with Gasteiger partial charge in [0.15, 0.2) is 0 Å². The molecule has 1 aromatic rings. The van der Waals surface area contributed by atoms with Crippen molar-refractivity contribution in [2.24, 2.45) is 5.92 Å². The number of hydrogen-bond acceptors (Lipinski definition) is 2. The van der Waals surface area contributed by atoms with Gasteiger partial charge in [-0.2, -0.15) is 0 Å². The normalized spacial score (nSPS) is 22.8. The summed E-state index contributed by atoms with van der Waals surface area (Å²) < 4.78 is 7.39. The number of ether oxygens (including phenoxy) is 1. The first kappa shape index (κ1) is 15.8. The van der Waals surface area contributed by atoms with Crippen molar-refractivity contribution in [1.82, 2.24) is 5.32 Å². The molecule has 0 amide bonds. The van der Waals surface area contributed by atoms with Crippen LogP contribution in [-0.2, 0) is 6.54 Å². The van der Waals surface area contributed by atoms with Gasteiger partial charge in [-0.3, -0.25) is 0 Å². The minimum Gasteiger partial charge on any atom is -0.489 e. The minimum atomic E-state index is 0.386. The molecule has 1 N–H and O–H groups in total. The zero-order valence-electron chi connectivity index (χ0n) is 12.6. The molecule has 0 bridgehead atoms. The Morgan fingerprint density at radius 3 is 2.60 bits per heavy atom. The fraction of sp³-hybridized carbons (Fsp3) is 0.647. The third-order valence-corrected chi connectivity index (χ3v) is 4.89. The van der Waals surface area contributed by atoms with Crippen molar-refractivity contribution in [2.75, 3.05) is 6.54 Å². The van der Waals surface area contributed by atoms with Crippen molar-refractivity contribution in [2.45, 2.75) is 58.6 Å². The van der Waals surface area contributed by atoms with E-state index in [4.69, 9.17) is 4.74 Å². The molecule has 1 fully saturated rings. The van der Waals surface area contributed by atoms with Gasteiger partial charge in [0.05, 0.1) is 10.6 Å². The molecular formula is C17H26BrNO. The highest BCUT2D eigenvalue weighted by Crippen LogP contribution is 2.34. The third kappa shape index (κ3) is 4.23. The topological polar surface area (TPSA) is 21.3 Å². The zero-order valence-corrected chi connectivity index (χ0v) is 14.2. The quantitative estimate of drug-likeness (QED) is 0.795. The molecule has 0 radical (unpaired) electrons. The zero-order chi connectivity index (χ0) is 14.4. The van der Waals surface area contributed by atoms with Gasteiger partial charge in [0.1, 0.15) is 5.75 Å². The number of nitrogens with one attached hydrogen (secondary N) is 1. The highest BCUT2D eigenvalue weighted by atomic mass is 79.9. The highest BCUT2D eigenvalue weighted by molar-refractivity contribution is 9.10. The maximum atomic E-state index is 6.32. The van der Waals surface area contributed by atoms with Crippen molar-refractivity contribution in [3.8, 4) is 5.75 Å². The van der Waals surface area contributed by atoms with Crippen LogP contribution in [0.1, 0.15) is 51.5 Å². The van der Waals surface area contributed by atoms with Gasteiger partial charge in [0, 0.05) is 12.1 Å². The minimum absolute atomic E-state index is 0.386. The second-order valence-corrected chi connectivity index (χ2v) is 6.53. The van der Waals surface area contributed by atoms with Crippen LogP contribution in [-0.4, -0.2) is 12.6 Å². The molecule has 0 saturated heterocycles. The van der Waals surface area contributed by atoms with E-state index in [1.807, 2.05) is 0 Å². The van der Waals surface area contributed by atoms with E-state index in [1.54, 1.807) is 0 Å². The molecule has 20 heavy (non-hydrogen) atoms. The van der Waals surface area contributed by atoms with E-state index in [2.05, 4.69) is 53.3 Å². The van der Waals surface area contributed by atoms with Crippen molar-refractivity contribution in [1.29, 1.82) is 0 Å². The molecule has 1 aromatic carbocycles. The maximum absolute atomic E-state index is 6.32. The lowest BCUT2D eigenvalue weighted by Gasteiger charge is -2.29. The smallest absolute Gasteiger partial charge is 0.138 e. The van der Waals surface area contributed by atoms with Crippen LogP contribution in [0.5, 0.6) is 5.75 Å². The lowest BCUT2D eigenvalue weighted by Crippen LogP contribution is -2.25. The van der Waals surface area contributed by atoms with E-state index in [9.17, 15) is 0 Å². The number of halogens is 1. The van der Waals surface area contributed by atoms with E-state index in [-0.39, 0.29) is 0 Å². The predicted octanol–water partition coefficient (Wildman–Crippen LogP) is 4.91. The summed E-state index contributed by atoms with van der Waals surface area (Å²) in [6, 6.07) is 6.31. The van der Waals surface area contributed by atoms with Gasteiger partial charge in [0.25, 0.3) is 0 Å². The van der Waals surface area contributed by atoms with Gasteiger partial charge < -0.3 is 10.1 Å². The molecule has 112 valence electrons. The van der Waals surface area contributed by atoms with Crippen molar-refractivity contribution < 1.29 is 4.74 Å². The first-order chi connectivity index (χ1) is 9.74. The average Bonchev–Trinajstić information content (AvgIpc) is 2.48. The monoisotopic (exact) mass is 339 g/mol. The van der Waals surface area contributed by atoms with Crippen LogP contribution in [0.25, 0.3) is 0 Å². The van der Waals surface area contributed by atoms with Crippen LogP contribution >= 0.6 is 15.9 Å². The van der Waals surface area contributed by atoms with Crippen LogP contribution in [0.4, 0.5) is 0 Å². The molecular weight excluding hydrogens is 314 g/mol. The Bertz CT molecular complexity index is 413. The van der Waals surface area contributed by atoms with E-state index < -0.39 is 0 Å². The molecule has 1 saturated carbocycles. The summed E-state index contributed by atoms with van der Waals surface area (Å²) in [5.74, 6) is 1.95. The molecule has 0 atom stereocenters. The summed E-state index contributed by atoms with van der Waals surface area (Å²) in [6.07, 6.45) is 6.72. The van der Waals surface area contributed by atoms with E-state index in [0.717, 1.165) is 29.2 Å². The van der Waals surface area contributed by atoms with Crippen LogP contribution < -0.4 is 10.1 Å². The molecule has 0 unspecified atom stereocenters. The number of hydrogen-bond donors (Lipinski definition) is 1. The largest absolute Gasteiger partial charge is 0.489 e. The van der Waals surface area contributed by atoms with Crippen LogP contribution in [0.15, 0.2) is 22.7 Å². The molecule has 3 heteroatoms. The molecule has 0 heterocycles. The molecule has 0 aromatic heterocycles. The van der Waals surface area contributed by atoms with Gasteiger partial charge >= 0.3 is 0 Å². The SMILES string of the molecule is CCNCc1cccc(Br)c1OC1CCC(CC)CC1. The second-order valence-electron chi connectivity index (χ2n) is 5.68. The van der Waals surface area contributed by atoms with E-state index in [1.165, 1.54) is 37.7 Å². The Morgan fingerprint density at radius 2 is 1.95 bits per heavy atom. The van der Waals surface area contributed by atoms with Gasteiger partial charge in [-0.15, -0.1) is 0 Å². The van der Waals surface area contributed by atoms with Crippen LogP contribution in [0.3, 0.4) is 0 Å². The Hall–Kier alpha value is -0.540. The standard InChI is InChI=1S/C17H26BrNO/c1-3-13-8-10-15(11-9-13)20-17-14(12-19-4-2)6-5-7-16(17)18/h5-7,13,15,19H,3-4,8-12H2,1-2H3. The van der Waals surface area contributed by atoms with E-state index >= 15 is 0 Å². The van der Waals surface area contributed by atoms with Crippen LogP contribution in [0, 0.1) is 5.92 Å². The summed E-state index contributed by atoms with van der Waals surface area (Å²) >= 11 is 3.64. The molecule has 0 aliphatic heterocycles. The fourth-order valence-corrected chi connectivity index (χ4v) is 3.41. The Morgan fingerprint density at radius 1 is 1.20 bits per heavy atom. The number of benzene rings is 1. The Labute approximate surface area is 131 Å². The first-order valence-electron chi connectivity index (χ1n) is 7.89. The molecule has 0 spiro atoms. The maximum Gasteiger partial charge on any atom is 0.138 e. The number of para-hydroxylation sites is 1. The average molecular weight is 340 g/mol. The van der Waals surface area contributed by atoms with Crippen molar-refractivity contribution >= 4 is 15.9 Å². The van der Waals surface area contributed by atoms with Crippen molar-refractivity contribution in [3.63, 3.8) is 0 Å².